The Morgan fingerprint density at radius 1 is 1.06 bits per heavy atom. The minimum Gasteiger partial charge on any atom is -0.495 e. The molecule has 0 amide bonds. The molecular formula is C14H16N2O. The van der Waals surface area contributed by atoms with Gasteiger partial charge in [0, 0.05) is 5.69 Å². The van der Waals surface area contributed by atoms with Gasteiger partial charge in [0.25, 0.3) is 0 Å². The summed E-state index contributed by atoms with van der Waals surface area (Å²) >= 11 is 0. The van der Waals surface area contributed by atoms with Crippen LogP contribution in [0.3, 0.4) is 0 Å². The first kappa shape index (κ1) is 11.3. The Hall–Kier alpha value is -2.16. The topological polar surface area (TPSA) is 47.3 Å². The lowest BCUT2D eigenvalue weighted by Crippen LogP contribution is -1.98. The minimum absolute atomic E-state index is 0.621. The zero-order valence-corrected chi connectivity index (χ0v) is 10.0. The predicted molar refractivity (Wildman–Crippen MR) is 71.9 cm³/mol. The fraction of sp³-hybridized carbons (Fsp3) is 0.143. The monoisotopic (exact) mass is 228 g/mol. The Kier molecular flexibility index (Phi) is 3.19. The Morgan fingerprint density at radius 3 is 2.41 bits per heavy atom. The van der Waals surface area contributed by atoms with Crippen LogP contribution in [0.4, 0.5) is 17.1 Å². The highest BCUT2D eigenvalue weighted by molar-refractivity contribution is 5.77. The molecule has 0 spiro atoms. The van der Waals surface area contributed by atoms with E-state index < -0.39 is 0 Å². The Balaban J connectivity index is 2.27. The molecular weight excluding hydrogens is 212 g/mol. The molecule has 2 aromatic carbocycles. The van der Waals surface area contributed by atoms with Crippen LogP contribution >= 0.6 is 0 Å². The fourth-order valence-corrected chi connectivity index (χ4v) is 1.62. The molecule has 3 N–H and O–H groups in total. The Morgan fingerprint density at radius 2 is 1.76 bits per heavy atom. The van der Waals surface area contributed by atoms with Gasteiger partial charge in [0.1, 0.15) is 5.75 Å². The van der Waals surface area contributed by atoms with E-state index >= 15 is 0 Å². The summed E-state index contributed by atoms with van der Waals surface area (Å²) in [5, 5.41) is 3.27. The third-order valence-electron chi connectivity index (χ3n) is 2.62. The van der Waals surface area contributed by atoms with Crippen molar-refractivity contribution in [2.24, 2.45) is 0 Å². The molecule has 2 rings (SSSR count). The van der Waals surface area contributed by atoms with Gasteiger partial charge in [-0.25, -0.2) is 0 Å². The van der Waals surface area contributed by atoms with Crippen LogP contribution in [-0.4, -0.2) is 7.11 Å². The molecule has 0 aliphatic heterocycles. The zero-order valence-electron chi connectivity index (χ0n) is 10.0. The number of para-hydroxylation sites is 1. The van der Waals surface area contributed by atoms with Gasteiger partial charge in [0.2, 0.25) is 0 Å². The molecule has 2 aromatic rings. The number of hydrogen-bond donors (Lipinski definition) is 2. The molecule has 0 bridgehead atoms. The number of aryl methyl sites for hydroxylation is 1. The third-order valence-corrected chi connectivity index (χ3v) is 2.62. The van der Waals surface area contributed by atoms with Crippen molar-refractivity contribution in [2.75, 3.05) is 18.2 Å². The first-order chi connectivity index (χ1) is 8.20. The number of anilines is 3. The average Bonchev–Trinajstić information content (AvgIpc) is 2.35. The van der Waals surface area contributed by atoms with Crippen molar-refractivity contribution in [3.05, 3.63) is 48.0 Å². The van der Waals surface area contributed by atoms with E-state index in [2.05, 4.69) is 24.4 Å². The number of nitrogen functional groups attached to an aromatic ring is 1. The van der Waals surface area contributed by atoms with Crippen molar-refractivity contribution in [3.63, 3.8) is 0 Å². The zero-order chi connectivity index (χ0) is 12.3. The molecule has 0 saturated heterocycles. The fourth-order valence-electron chi connectivity index (χ4n) is 1.62. The number of ether oxygens (including phenoxy) is 1. The number of rotatable bonds is 3. The predicted octanol–water partition coefficient (Wildman–Crippen LogP) is 3.33. The summed E-state index contributed by atoms with van der Waals surface area (Å²) in [5.41, 5.74) is 9.70. The van der Waals surface area contributed by atoms with Crippen LogP contribution in [-0.2, 0) is 0 Å². The second-order valence-electron chi connectivity index (χ2n) is 3.91. The lowest BCUT2D eigenvalue weighted by atomic mass is 10.2. The van der Waals surface area contributed by atoms with Crippen molar-refractivity contribution < 1.29 is 4.74 Å². The third kappa shape index (κ3) is 2.50. The summed E-state index contributed by atoms with van der Waals surface area (Å²) in [6.45, 7) is 2.06. The van der Waals surface area contributed by atoms with Crippen LogP contribution in [0.25, 0.3) is 0 Å². The molecule has 0 aromatic heterocycles. The van der Waals surface area contributed by atoms with Gasteiger partial charge in [0.05, 0.1) is 18.5 Å². The second kappa shape index (κ2) is 4.78. The Labute approximate surface area is 101 Å². The highest BCUT2D eigenvalue weighted by Crippen LogP contribution is 2.31. The van der Waals surface area contributed by atoms with Crippen LogP contribution in [0, 0.1) is 6.92 Å². The molecule has 0 unspecified atom stereocenters. The molecule has 0 heterocycles. The molecule has 3 nitrogen and oxygen atoms in total. The molecule has 0 aliphatic rings. The standard InChI is InChI=1S/C14H16N2O/c1-10-6-8-11(9-7-10)16-12-4-3-5-13(17-2)14(12)15/h3-9,16H,15H2,1-2H3. The summed E-state index contributed by atoms with van der Waals surface area (Å²) < 4.78 is 5.18. The number of nitrogens with two attached hydrogens (primary N) is 1. The van der Waals surface area contributed by atoms with Crippen LogP contribution < -0.4 is 15.8 Å². The van der Waals surface area contributed by atoms with Crippen molar-refractivity contribution in [2.45, 2.75) is 6.92 Å². The van der Waals surface area contributed by atoms with Gasteiger partial charge in [-0.2, -0.15) is 0 Å². The largest absolute Gasteiger partial charge is 0.495 e. The highest BCUT2D eigenvalue weighted by atomic mass is 16.5. The van der Waals surface area contributed by atoms with Crippen LogP contribution in [0.15, 0.2) is 42.5 Å². The van der Waals surface area contributed by atoms with E-state index in [0.717, 1.165) is 11.4 Å². The molecule has 0 aliphatic carbocycles. The van der Waals surface area contributed by atoms with E-state index in [4.69, 9.17) is 10.5 Å². The first-order valence-corrected chi connectivity index (χ1v) is 5.47. The Bertz CT molecular complexity index is 506. The number of benzene rings is 2. The first-order valence-electron chi connectivity index (χ1n) is 5.47. The molecule has 0 saturated carbocycles. The minimum atomic E-state index is 0.621. The van der Waals surface area contributed by atoms with Crippen LogP contribution in [0.1, 0.15) is 5.56 Å². The molecule has 0 fully saturated rings. The lowest BCUT2D eigenvalue weighted by molar-refractivity contribution is 0.417. The van der Waals surface area contributed by atoms with Crippen LogP contribution in [0.2, 0.25) is 0 Å². The van der Waals surface area contributed by atoms with Crippen LogP contribution in [0.5, 0.6) is 5.75 Å². The molecule has 0 radical (unpaired) electrons. The van der Waals surface area contributed by atoms with E-state index in [1.165, 1.54) is 5.56 Å². The van der Waals surface area contributed by atoms with E-state index in [1.54, 1.807) is 7.11 Å². The van der Waals surface area contributed by atoms with Gasteiger partial charge < -0.3 is 15.8 Å². The van der Waals surface area contributed by atoms with Gasteiger partial charge in [-0.1, -0.05) is 23.8 Å². The number of methoxy groups -OCH3 is 1. The maximum absolute atomic E-state index is 5.98. The summed E-state index contributed by atoms with van der Waals surface area (Å²) in [6.07, 6.45) is 0. The maximum atomic E-state index is 5.98. The summed E-state index contributed by atoms with van der Waals surface area (Å²) in [5.74, 6) is 0.683. The number of nitrogens with one attached hydrogen (secondary N) is 1. The summed E-state index contributed by atoms with van der Waals surface area (Å²) in [7, 11) is 1.61. The number of hydrogen-bond acceptors (Lipinski definition) is 3. The molecule has 88 valence electrons. The van der Waals surface area contributed by atoms with Gasteiger partial charge in [-0.05, 0) is 31.2 Å². The average molecular weight is 228 g/mol. The smallest absolute Gasteiger partial charge is 0.143 e. The van der Waals surface area contributed by atoms with Crippen molar-refractivity contribution in [3.8, 4) is 5.75 Å². The van der Waals surface area contributed by atoms with Crippen molar-refractivity contribution in [1.82, 2.24) is 0 Å². The molecule has 17 heavy (non-hydrogen) atoms. The van der Waals surface area contributed by atoms with Gasteiger partial charge in [-0.3, -0.25) is 0 Å². The quantitative estimate of drug-likeness (QED) is 0.792. The van der Waals surface area contributed by atoms with Gasteiger partial charge >= 0.3 is 0 Å². The summed E-state index contributed by atoms with van der Waals surface area (Å²) in [6, 6.07) is 13.8. The van der Waals surface area contributed by atoms with E-state index in [1.807, 2.05) is 30.3 Å². The molecule has 0 atom stereocenters. The maximum Gasteiger partial charge on any atom is 0.143 e. The SMILES string of the molecule is COc1cccc(Nc2ccc(C)cc2)c1N. The second-order valence-corrected chi connectivity index (χ2v) is 3.91. The van der Waals surface area contributed by atoms with Gasteiger partial charge in [0.15, 0.2) is 0 Å². The van der Waals surface area contributed by atoms with E-state index in [-0.39, 0.29) is 0 Å². The van der Waals surface area contributed by atoms with Crippen molar-refractivity contribution >= 4 is 17.1 Å². The van der Waals surface area contributed by atoms with Gasteiger partial charge in [-0.15, -0.1) is 0 Å². The molecule has 3 heteroatoms. The summed E-state index contributed by atoms with van der Waals surface area (Å²) in [4.78, 5) is 0. The van der Waals surface area contributed by atoms with Crippen molar-refractivity contribution in [1.29, 1.82) is 0 Å². The van der Waals surface area contributed by atoms with E-state index in [0.29, 0.717) is 11.4 Å². The van der Waals surface area contributed by atoms with E-state index in [9.17, 15) is 0 Å². The lowest BCUT2D eigenvalue weighted by Gasteiger charge is -2.12. The highest BCUT2D eigenvalue weighted by Gasteiger charge is 2.04. The normalized spacial score (nSPS) is 10.0.